The molecule has 0 radical (unpaired) electrons. The molecule has 2 aromatic rings. The van der Waals surface area contributed by atoms with Crippen LogP contribution in [0.4, 0.5) is 0 Å². The minimum Gasteiger partial charge on any atom is -0.307 e. The molecule has 1 aromatic heterocycles. The van der Waals surface area contributed by atoms with E-state index in [0.717, 1.165) is 11.4 Å². The standard InChI is InChI=1S/C11H12Cl2N4/c1-14-10(11-15-6-16-17(11)2)7-4-3-5-8(12)9(7)13/h3-6,10,14H,1-2H3. The first-order valence-corrected chi connectivity index (χ1v) is 5.85. The lowest BCUT2D eigenvalue weighted by Gasteiger charge is -2.17. The second-order valence-corrected chi connectivity index (χ2v) is 4.39. The lowest BCUT2D eigenvalue weighted by molar-refractivity contribution is 0.591. The molecule has 0 aliphatic heterocycles. The van der Waals surface area contributed by atoms with Crippen LogP contribution in [-0.4, -0.2) is 21.8 Å². The monoisotopic (exact) mass is 270 g/mol. The third-order valence-electron chi connectivity index (χ3n) is 2.59. The van der Waals surface area contributed by atoms with Crippen LogP contribution in [0.3, 0.4) is 0 Å². The first-order chi connectivity index (χ1) is 8.15. The van der Waals surface area contributed by atoms with Gasteiger partial charge in [-0.2, -0.15) is 5.10 Å². The third kappa shape index (κ3) is 2.29. The van der Waals surface area contributed by atoms with Crippen molar-refractivity contribution in [2.75, 3.05) is 7.05 Å². The lowest BCUT2D eigenvalue weighted by Crippen LogP contribution is -2.22. The van der Waals surface area contributed by atoms with Crippen molar-refractivity contribution in [2.24, 2.45) is 7.05 Å². The molecule has 90 valence electrons. The maximum atomic E-state index is 6.21. The molecule has 0 aliphatic rings. The Morgan fingerprint density at radius 1 is 1.35 bits per heavy atom. The van der Waals surface area contributed by atoms with Crippen LogP contribution in [-0.2, 0) is 7.05 Å². The van der Waals surface area contributed by atoms with Gasteiger partial charge in [-0.15, -0.1) is 0 Å². The summed E-state index contributed by atoms with van der Waals surface area (Å²) < 4.78 is 1.71. The van der Waals surface area contributed by atoms with Crippen LogP contribution in [0.25, 0.3) is 0 Å². The molecule has 0 saturated heterocycles. The van der Waals surface area contributed by atoms with Gasteiger partial charge in [-0.25, -0.2) is 4.98 Å². The number of nitrogens with zero attached hydrogens (tertiary/aromatic N) is 3. The molecule has 0 saturated carbocycles. The summed E-state index contributed by atoms with van der Waals surface area (Å²) in [6, 6.07) is 5.42. The van der Waals surface area contributed by atoms with Crippen LogP contribution < -0.4 is 5.32 Å². The molecule has 1 aromatic carbocycles. The fourth-order valence-corrected chi connectivity index (χ4v) is 2.15. The largest absolute Gasteiger partial charge is 0.307 e. The van der Waals surface area contributed by atoms with Crippen LogP contribution in [0.1, 0.15) is 17.4 Å². The predicted molar refractivity (Wildman–Crippen MR) is 68.4 cm³/mol. The predicted octanol–water partition coefficient (Wildman–Crippen LogP) is 2.43. The minimum absolute atomic E-state index is 0.131. The average Bonchev–Trinajstić information content (AvgIpc) is 2.72. The normalized spacial score (nSPS) is 12.7. The Balaban J connectivity index is 2.50. The second kappa shape index (κ2) is 5.04. The van der Waals surface area contributed by atoms with E-state index in [1.54, 1.807) is 10.7 Å². The fraction of sp³-hybridized carbons (Fsp3) is 0.273. The van der Waals surface area contributed by atoms with Gasteiger partial charge in [-0.1, -0.05) is 35.3 Å². The van der Waals surface area contributed by atoms with Gasteiger partial charge in [0.2, 0.25) is 0 Å². The van der Waals surface area contributed by atoms with Crippen molar-refractivity contribution in [2.45, 2.75) is 6.04 Å². The zero-order valence-electron chi connectivity index (χ0n) is 9.48. The fourth-order valence-electron chi connectivity index (χ4n) is 1.73. The molecular formula is C11H12Cl2N4. The molecule has 0 amide bonds. The molecule has 0 spiro atoms. The van der Waals surface area contributed by atoms with Crippen molar-refractivity contribution < 1.29 is 0 Å². The molecule has 1 atom stereocenters. The van der Waals surface area contributed by atoms with E-state index < -0.39 is 0 Å². The quantitative estimate of drug-likeness (QED) is 0.932. The molecule has 0 fully saturated rings. The van der Waals surface area contributed by atoms with Crippen molar-refractivity contribution in [1.82, 2.24) is 20.1 Å². The highest BCUT2D eigenvalue weighted by Gasteiger charge is 2.20. The molecule has 1 unspecified atom stereocenters. The van der Waals surface area contributed by atoms with E-state index in [4.69, 9.17) is 23.2 Å². The van der Waals surface area contributed by atoms with E-state index >= 15 is 0 Å². The molecule has 1 N–H and O–H groups in total. The summed E-state index contributed by atoms with van der Waals surface area (Å²) >= 11 is 12.2. The Kier molecular flexibility index (Phi) is 3.66. The lowest BCUT2D eigenvalue weighted by atomic mass is 10.1. The van der Waals surface area contributed by atoms with E-state index in [2.05, 4.69) is 15.4 Å². The topological polar surface area (TPSA) is 42.7 Å². The third-order valence-corrected chi connectivity index (χ3v) is 3.42. The van der Waals surface area contributed by atoms with Crippen molar-refractivity contribution in [3.63, 3.8) is 0 Å². The number of aromatic nitrogens is 3. The second-order valence-electron chi connectivity index (χ2n) is 3.61. The summed E-state index contributed by atoms with van der Waals surface area (Å²) in [7, 11) is 3.68. The van der Waals surface area contributed by atoms with Gasteiger partial charge in [-0.05, 0) is 18.7 Å². The van der Waals surface area contributed by atoms with Gasteiger partial charge in [0.05, 0.1) is 16.1 Å². The summed E-state index contributed by atoms with van der Waals surface area (Å²) in [4.78, 5) is 4.22. The molecule has 2 rings (SSSR count). The molecule has 0 bridgehead atoms. The Morgan fingerprint density at radius 3 is 2.71 bits per heavy atom. The molecule has 0 aliphatic carbocycles. The Bertz CT molecular complexity index is 524. The van der Waals surface area contributed by atoms with Gasteiger partial charge in [0, 0.05) is 7.05 Å². The van der Waals surface area contributed by atoms with Crippen LogP contribution in [0.2, 0.25) is 10.0 Å². The van der Waals surface area contributed by atoms with Crippen LogP contribution in [0.15, 0.2) is 24.5 Å². The van der Waals surface area contributed by atoms with E-state index in [9.17, 15) is 0 Å². The Hall–Kier alpha value is -1.10. The van der Waals surface area contributed by atoms with Gasteiger partial charge in [0.25, 0.3) is 0 Å². The van der Waals surface area contributed by atoms with Gasteiger partial charge in [0.1, 0.15) is 12.2 Å². The molecular weight excluding hydrogens is 259 g/mol. The minimum atomic E-state index is -0.131. The summed E-state index contributed by atoms with van der Waals surface area (Å²) in [5.41, 5.74) is 0.887. The Labute approximate surface area is 110 Å². The molecule has 6 heteroatoms. The highest BCUT2D eigenvalue weighted by atomic mass is 35.5. The van der Waals surface area contributed by atoms with Crippen molar-refractivity contribution >= 4 is 23.2 Å². The molecule has 4 nitrogen and oxygen atoms in total. The highest BCUT2D eigenvalue weighted by molar-refractivity contribution is 6.42. The molecule has 1 heterocycles. The van der Waals surface area contributed by atoms with Crippen molar-refractivity contribution in [3.8, 4) is 0 Å². The number of benzene rings is 1. The average molecular weight is 271 g/mol. The zero-order chi connectivity index (χ0) is 12.4. The summed E-state index contributed by atoms with van der Waals surface area (Å²) in [6.07, 6.45) is 1.51. The number of nitrogens with one attached hydrogen (secondary N) is 1. The number of hydrogen-bond donors (Lipinski definition) is 1. The first kappa shape index (κ1) is 12.4. The van der Waals surface area contributed by atoms with E-state index in [1.165, 1.54) is 6.33 Å². The zero-order valence-corrected chi connectivity index (χ0v) is 11.0. The highest BCUT2D eigenvalue weighted by Crippen LogP contribution is 2.31. The van der Waals surface area contributed by atoms with Crippen LogP contribution in [0, 0.1) is 0 Å². The smallest absolute Gasteiger partial charge is 0.148 e. The van der Waals surface area contributed by atoms with Crippen LogP contribution in [0.5, 0.6) is 0 Å². The number of rotatable bonds is 3. The van der Waals surface area contributed by atoms with Gasteiger partial charge in [0.15, 0.2) is 0 Å². The Morgan fingerprint density at radius 2 is 2.12 bits per heavy atom. The maximum Gasteiger partial charge on any atom is 0.148 e. The van der Waals surface area contributed by atoms with Crippen molar-refractivity contribution in [3.05, 3.63) is 46.0 Å². The number of hydrogen-bond acceptors (Lipinski definition) is 3. The number of aryl methyl sites for hydroxylation is 1. The van der Waals surface area contributed by atoms with Gasteiger partial charge >= 0.3 is 0 Å². The SMILES string of the molecule is CNC(c1cccc(Cl)c1Cl)c1ncnn1C. The number of halogens is 2. The first-order valence-electron chi connectivity index (χ1n) is 5.10. The van der Waals surface area contributed by atoms with E-state index in [0.29, 0.717) is 10.0 Å². The van der Waals surface area contributed by atoms with Crippen LogP contribution >= 0.6 is 23.2 Å². The summed E-state index contributed by atoms with van der Waals surface area (Å²) in [5, 5.41) is 8.29. The van der Waals surface area contributed by atoms with Crippen molar-refractivity contribution in [1.29, 1.82) is 0 Å². The maximum absolute atomic E-state index is 6.21. The van der Waals surface area contributed by atoms with Gasteiger partial charge in [-0.3, -0.25) is 4.68 Å². The van der Waals surface area contributed by atoms with E-state index in [-0.39, 0.29) is 6.04 Å². The van der Waals surface area contributed by atoms with Gasteiger partial charge < -0.3 is 5.32 Å². The van der Waals surface area contributed by atoms with E-state index in [1.807, 2.05) is 26.2 Å². The summed E-state index contributed by atoms with van der Waals surface area (Å²) in [5.74, 6) is 0.789. The molecule has 17 heavy (non-hydrogen) atoms. The summed E-state index contributed by atoms with van der Waals surface area (Å²) in [6.45, 7) is 0.